The Morgan fingerprint density at radius 1 is 1.29 bits per heavy atom. The molecule has 0 aliphatic carbocycles. The van der Waals surface area contributed by atoms with Crippen LogP contribution in [0.2, 0.25) is 0 Å². The lowest BCUT2D eigenvalue weighted by atomic mass is 9.99. The van der Waals surface area contributed by atoms with Gasteiger partial charge >= 0.3 is 6.18 Å². The smallest absolute Gasteiger partial charge is 0.326 e. The Labute approximate surface area is 125 Å². The van der Waals surface area contributed by atoms with Gasteiger partial charge in [-0.2, -0.15) is 13.2 Å². The molecule has 21 heavy (non-hydrogen) atoms. The van der Waals surface area contributed by atoms with Gasteiger partial charge in [0, 0.05) is 13.0 Å². The van der Waals surface area contributed by atoms with Gasteiger partial charge in [-0.25, -0.2) is 0 Å². The molecule has 124 valence electrons. The van der Waals surface area contributed by atoms with E-state index in [1.807, 2.05) is 20.8 Å². The highest BCUT2D eigenvalue weighted by Gasteiger charge is 2.40. The Bertz CT molecular complexity index is 333. The van der Waals surface area contributed by atoms with Gasteiger partial charge in [0.1, 0.15) is 0 Å². The second-order valence-corrected chi connectivity index (χ2v) is 5.94. The van der Waals surface area contributed by atoms with Gasteiger partial charge in [0.25, 0.3) is 0 Å². The lowest BCUT2D eigenvalue weighted by Gasteiger charge is -2.24. The molecule has 1 rings (SSSR count). The van der Waals surface area contributed by atoms with Crippen molar-refractivity contribution in [1.82, 2.24) is 10.2 Å². The Morgan fingerprint density at radius 2 is 1.95 bits per heavy atom. The molecule has 1 amide bonds. The minimum Gasteiger partial charge on any atom is -0.326 e. The van der Waals surface area contributed by atoms with Crippen molar-refractivity contribution in [2.24, 2.45) is 5.92 Å². The summed E-state index contributed by atoms with van der Waals surface area (Å²) >= 11 is 0. The molecular formula is C15H27F3N2O. The highest BCUT2D eigenvalue weighted by molar-refractivity contribution is 5.84. The maximum atomic E-state index is 12.4. The van der Waals surface area contributed by atoms with E-state index >= 15 is 0 Å². The minimum absolute atomic E-state index is 0.0209. The van der Waals surface area contributed by atoms with Gasteiger partial charge in [0.15, 0.2) is 0 Å². The van der Waals surface area contributed by atoms with E-state index in [4.69, 9.17) is 0 Å². The van der Waals surface area contributed by atoms with Crippen molar-refractivity contribution < 1.29 is 18.0 Å². The third-order valence-corrected chi connectivity index (χ3v) is 4.18. The molecule has 1 heterocycles. The Balaban J connectivity index is 2.54. The zero-order valence-electron chi connectivity index (χ0n) is 13.2. The molecule has 0 aromatic rings. The number of carbonyl (C=O) groups is 1. The molecule has 3 atom stereocenters. The fourth-order valence-electron chi connectivity index (χ4n) is 2.73. The Hall–Kier alpha value is -0.780. The molecule has 6 heteroatoms. The zero-order valence-corrected chi connectivity index (χ0v) is 13.2. The average Bonchev–Trinajstić information content (AvgIpc) is 2.70. The third-order valence-electron chi connectivity index (χ3n) is 4.18. The lowest BCUT2D eigenvalue weighted by Crippen LogP contribution is -2.38. The van der Waals surface area contributed by atoms with Crippen molar-refractivity contribution in [2.75, 3.05) is 6.54 Å². The fourth-order valence-corrected chi connectivity index (χ4v) is 2.73. The predicted molar refractivity (Wildman–Crippen MR) is 76.7 cm³/mol. The molecule has 1 fully saturated rings. The van der Waals surface area contributed by atoms with Crippen molar-refractivity contribution in [3.8, 4) is 0 Å². The Kier molecular flexibility index (Phi) is 6.97. The molecule has 0 spiro atoms. The van der Waals surface area contributed by atoms with Gasteiger partial charge in [0.05, 0.1) is 12.2 Å². The van der Waals surface area contributed by atoms with Crippen molar-refractivity contribution in [3.05, 3.63) is 0 Å². The van der Waals surface area contributed by atoms with Crippen LogP contribution < -0.4 is 5.32 Å². The number of nitrogens with one attached hydrogen (secondary N) is 1. The normalized spacial score (nSPS) is 24.7. The van der Waals surface area contributed by atoms with E-state index in [0.717, 1.165) is 19.3 Å². The van der Waals surface area contributed by atoms with Gasteiger partial charge in [-0.1, -0.05) is 33.6 Å². The van der Waals surface area contributed by atoms with E-state index in [0.29, 0.717) is 13.0 Å². The molecule has 3 unspecified atom stereocenters. The van der Waals surface area contributed by atoms with E-state index < -0.39 is 12.6 Å². The Morgan fingerprint density at radius 3 is 2.48 bits per heavy atom. The van der Waals surface area contributed by atoms with Crippen LogP contribution in [0.15, 0.2) is 0 Å². The molecule has 1 aliphatic rings. The van der Waals surface area contributed by atoms with E-state index in [2.05, 4.69) is 5.32 Å². The summed E-state index contributed by atoms with van der Waals surface area (Å²) in [6.45, 7) is 6.54. The third kappa shape index (κ3) is 5.49. The SMILES string of the molecule is CCCC1NC(C(C)CC)C(=O)N1CCCCC(F)(F)F. The largest absolute Gasteiger partial charge is 0.389 e. The van der Waals surface area contributed by atoms with E-state index in [-0.39, 0.29) is 30.5 Å². The number of halogens is 3. The summed E-state index contributed by atoms with van der Waals surface area (Å²) in [5.41, 5.74) is 0. The summed E-state index contributed by atoms with van der Waals surface area (Å²) in [6, 6.07) is -0.186. The molecule has 1 aliphatic heterocycles. The molecule has 0 bridgehead atoms. The number of nitrogens with zero attached hydrogens (tertiary/aromatic N) is 1. The summed E-state index contributed by atoms with van der Waals surface area (Å²) in [5, 5.41) is 3.35. The first kappa shape index (κ1) is 18.3. The number of alkyl halides is 3. The van der Waals surface area contributed by atoms with E-state index in [9.17, 15) is 18.0 Å². The van der Waals surface area contributed by atoms with Gasteiger partial charge in [-0.3, -0.25) is 10.1 Å². The summed E-state index contributed by atoms with van der Waals surface area (Å²) < 4.78 is 36.5. The van der Waals surface area contributed by atoms with Crippen LogP contribution in [0.25, 0.3) is 0 Å². The van der Waals surface area contributed by atoms with Crippen molar-refractivity contribution >= 4 is 5.91 Å². The van der Waals surface area contributed by atoms with Crippen LogP contribution in [0.3, 0.4) is 0 Å². The highest BCUT2D eigenvalue weighted by atomic mass is 19.4. The maximum absolute atomic E-state index is 12.4. The van der Waals surface area contributed by atoms with Crippen LogP contribution in [-0.2, 0) is 4.79 Å². The summed E-state index contributed by atoms with van der Waals surface area (Å²) in [4.78, 5) is 14.2. The first-order valence-corrected chi connectivity index (χ1v) is 7.93. The van der Waals surface area contributed by atoms with Gasteiger partial charge in [0.2, 0.25) is 5.91 Å². The summed E-state index contributed by atoms with van der Waals surface area (Å²) in [5.74, 6) is 0.298. The van der Waals surface area contributed by atoms with Crippen LogP contribution >= 0.6 is 0 Å². The van der Waals surface area contributed by atoms with E-state index in [1.54, 1.807) is 4.90 Å². The van der Waals surface area contributed by atoms with Crippen molar-refractivity contribution in [3.63, 3.8) is 0 Å². The van der Waals surface area contributed by atoms with Gasteiger partial charge in [-0.15, -0.1) is 0 Å². The molecule has 1 N–H and O–H groups in total. The second kappa shape index (κ2) is 8.01. The van der Waals surface area contributed by atoms with Crippen LogP contribution in [0.4, 0.5) is 13.2 Å². The number of hydrogen-bond donors (Lipinski definition) is 1. The number of rotatable bonds is 8. The maximum Gasteiger partial charge on any atom is 0.389 e. The molecule has 3 nitrogen and oxygen atoms in total. The monoisotopic (exact) mass is 308 g/mol. The number of unbranched alkanes of at least 4 members (excludes halogenated alkanes) is 1. The van der Waals surface area contributed by atoms with Crippen LogP contribution in [0.5, 0.6) is 0 Å². The van der Waals surface area contributed by atoms with Crippen molar-refractivity contribution in [1.29, 1.82) is 0 Å². The summed E-state index contributed by atoms with van der Waals surface area (Å²) in [7, 11) is 0. The average molecular weight is 308 g/mol. The quantitative estimate of drug-likeness (QED) is 0.694. The number of hydrogen-bond acceptors (Lipinski definition) is 2. The molecule has 0 aromatic heterocycles. The van der Waals surface area contributed by atoms with Crippen LogP contribution in [0, 0.1) is 5.92 Å². The molecule has 0 saturated carbocycles. The minimum atomic E-state index is -4.10. The molecule has 0 radical (unpaired) electrons. The first-order valence-electron chi connectivity index (χ1n) is 7.93. The van der Waals surface area contributed by atoms with Crippen LogP contribution in [-0.4, -0.2) is 35.7 Å². The fraction of sp³-hybridized carbons (Fsp3) is 0.933. The standard InChI is InChI=1S/C15H27F3N2O/c1-4-8-12-19-13(11(3)5-2)14(21)20(12)10-7-6-9-15(16,17)18/h11-13,19H,4-10H2,1-3H3. The number of carbonyl (C=O) groups excluding carboxylic acids is 1. The van der Waals surface area contributed by atoms with Gasteiger partial charge in [-0.05, 0) is 25.2 Å². The zero-order chi connectivity index (χ0) is 16.0. The molecular weight excluding hydrogens is 281 g/mol. The van der Waals surface area contributed by atoms with E-state index in [1.165, 1.54) is 0 Å². The van der Waals surface area contributed by atoms with Crippen molar-refractivity contribution in [2.45, 2.75) is 77.7 Å². The number of amides is 1. The topological polar surface area (TPSA) is 32.3 Å². The highest BCUT2D eigenvalue weighted by Crippen LogP contribution is 2.25. The lowest BCUT2D eigenvalue weighted by molar-refractivity contribution is -0.136. The van der Waals surface area contributed by atoms with Crippen LogP contribution in [0.1, 0.15) is 59.3 Å². The molecule has 0 aromatic carbocycles. The summed E-state index contributed by atoms with van der Waals surface area (Å²) in [6.07, 6.45) is -1.71. The first-order chi connectivity index (χ1) is 9.80. The second-order valence-electron chi connectivity index (χ2n) is 5.94. The van der Waals surface area contributed by atoms with Gasteiger partial charge < -0.3 is 4.90 Å². The molecule has 1 saturated heterocycles. The predicted octanol–water partition coefficient (Wildman–Crippen LogP) is 3.69.